The highest BCUT2D eigenvalue weighted by Gasteiger charge is 2.28. The van der Waals surface area contributed by atoms with Gasteiger partial charge < -0.3 is 4.90 Å². The van der Waals surface area contributed by atoms with Gasteiger partial charge in [-0.3, -0.25) is 0 Å². The Hall–Kier alpha value is -7.00. The van der Waals surface area contributed by atoms with Crippen molar-refractivity contribution in [3.8, 4) is 22.3 Å². The van der Waals surface area contributed by atoms with Gasteiger partial charge in [0.15, 0.2) is 0 Å². The summed E-state index contributed by atoms with van der Waals surface area (Å²) in [5, 5.41) is 10.2. The molecule has 1 nitrogen and oxygen atoms in total. The molecule has 272 valence electrons. The maximum absolute atomic E-state index is 2.51. The molecule has 0 amide bonds. The van der Waals surface area contributed by atoms with Crippen molar-refractivity contribution in [1.82, 2.24) is 0 Å². The van der Waals surface area contributed by atoms with Crippen LogP contribution in [0.25, 0.3) is 74.7 Å². The lowest BCUT2D eigenvalue weighted by atomic mass is 9.74. The Morgan fingerprint density at radius 3 is 1.72 bits per heavy atom. The Labute approximate surface area is 341 Å². The fourth-order valence-electron chi connectivity index (χ4n) is 9.64. The number of thiophene rings is 1. The van der Waals surface area contributed by atoms with Crippen LogP contribution in [-0.4, -0.2) is 0 Å². The van der Waals surface area contributed by atoms with Crippen molar-refractivity contribution >= 4 is 80.9 Å². The van der Waals surface area contributed by atoms with Gasteiger partial charge in [0.2, 0.25) is 0 Å². The molecule has 0 saturated carbocycles. The molecule has 0 spiro atoms. The van der Waals surface area contributed by atoms with Crippen LogP contribution in [-0.2, 0) is 6.42 Å². The number of nitrogens with zero attached hydrogens (tertiary/aromatic N) is 1. The van der Waals surface area contributed by atoms with Crippen molar-refractivity contribution < 1.29 is 0 Å². The summed E-state index contributed by atoms with van der Waals surface area (Å²) in [6, 6.07) is 76.7. The Kier molecular flexibility index (Phi) is 7.61. The first kappa shape index (κ1) is 33.2. The van der Waals surface area contributed by atoms with Crippen LogP contribution in [0.15, 0.2) is 206 Å². The Balaban J connectivity index is 1.05. The molecule has 1 aromatic heterocycles. The SMILES string of the molecule is c1ccc2c(c1)CC(c1cc(-c3ccc(N(c4cccc5ccccc45)c4cccc5ccccc45)cc3)c3sc4ccccc4c3c1)c1cc3ccccc3cc1-2. The third kappa shape index (κ3) is 5.30. The Morgan fingerprint density at radius 2 is 1.00 bits per heavy atom. The highest BCUT2D eigenvalue weighted by Crippen LogP contribution is 2.49. The quantitative estimate of drug-likeness (QED) is 0.169. The fourth-order valence-corrected chi connectivity index (χ4v) is 10.9. The molecule has 12 rings (SSSR count). The monoisotopic (exact) mass is 755 g/mol. The molecule has 1 unspecified atom stereocenters. The lowest BCUT2D eigenvalue weighted by Gasteiger charge is -2.29. The second-order valence-electron chi connectivity index (χ2n) is 15.6. The molecule has 1 heterocycles. The van der Waals surface area contributed by atoms with Crippen LogP contribution in [0.5, 0.6) is 0 Å². The average molecular weight is 756 g/mol. The molecular formula is C56H37NS. The van der Waals surface area contributed by atoms with E-state index in [1.54, 1.807) is 0 Å². The van der Waals surface area contributed by atoms with Gasteiger partial charge in [-0.2, -0.15) is 0 Å². The summed E-state index contributed by atoms with van der Waals surface area (Å²) in [6.45, 7) is 0. The van der Waals surface area contributed by atoms with E-state index >= 15 is 0 Å². The van der Waals surface area contributed by atoms with Gasteiger partial charge in [-0.1, -0.05) is 152 Å². The van der Waals surface area contributed by atoms with E-state index in [0.717, 1.165) is 12.1 Å². The Bertz CT molecular complexity index is 3300. The fraction of sp³-hybridized carbons (Fsp3) is 0.0357. The van der Waals surface area contributed by atoms with Crippen LogP contribution in [0.1, 0.15) is 22.6 Å². The van der Waals surface area contributed by atoms with Crippen LogP contribution in [0, 0.1) is 0 Å². The summed E-state index contributed by atoms with van der Waals surface area (Å²) >= 11 is 1.91. The second-order valence-corrected chi connectivity index (χ2v) is 16.7. The number of hydrogen-bond donors (Lipinski definition) is 0. The predicted octanol–water partition coefficient (Wildman–Crippen LogP) is 16.0. The molecule has 11 aromatic rings. The van der Waals surface area contributed by atoms with Crippen molar-refractivity contribution in [2.75, 3.05) is 4.90 Å². The van der Waals surface area contributed by atoms with Gasteiger partial charge in [-0.25, -0.2) is 0 Å². The third-order valence-corrected chi connectivity index (χ3v) is 13.6. The van der Waals surface area contributed by atoms with E-state index in [4.69, 9.17) is 0 Å². The molecule has 0 radical (unpaired) electrons. The van der Waals surface area contributed by atoms with Crippen LogP contribution in [0.3, 0.4) is 0 Å². The summed E-state index contributed by atoms with van der Waals surface area (Å²) in [5.41, 5.74) is 12.9. The van der Waals surface area contributed by atoms with E-state index in [9.17, 15) is 0 Å². The molecule has 0 aliphatic heterocycles. The molecule has 0 saturated heterocycles. The van der Waals surface area contributed by atoms with Crippen molar-refractivity contribution in [2.24, 2.45) is 0 Å². The molecule has 0 N–H and O–H groups in total. The molecule has 1 aliphatic carbocycles. The van der Waals surface area contributed by atoms with Crippen molar-refractivity contribution in [3.63, 3.8) is 0 Å². The topological polar surface area (TPSA) is 3.24 Å². The maximum Gasteiger partial charge on any atom is 0.0540 e. The van der Waals surface area contributed by atoms with Crippen molar-refractivity contribution in [2.45, 2.75) is 12.3 Å². The molecule has 10 aromatic carbocycles. The zero-order chi connectivity index (χ0) is 38.2. The van der Waals surface area contributed by atoms with Gasteiger partial charge in [0.25, 0.3) is 0 Å². The molecule has 2 heteroatoms. The second kappa shape index (κ2) is 13.3. The standard InChI is InChI=1S/C56H37NS/c1-2-16-40-32-51-48(33-41-17-5-6-20-44(41)50(51)31-39(40)15-1)42-34-49(56-52(35-42)47-23-9-10-26-55(47)58-56)38-27-29-43(30-28-38)57(53-24-11-18-36-13-3-7-21-45(36)53)54-25-12-19-37-14-4-8-22-46(37)54/h1-32,34-35,48H,33H2. The predicted molar refractivity (Wildman–Crippen MR) is 249 cm³/mol. The number of benzene rings is 10. The normalized spacial score (nSPS) is 13.6. The van der Waals surface area contributed by atoms with Crippen LogP contribution in [0.4, 0.5) is 17.1 Å². The van der Waals surface area contributed by atoms with E-state index in [-0.39, 0.29) is 5.92 Å². The zero-order valence-electron chi connectivity index (χ0n) is 31.8. The largest absolute Gasteiger partial charge is 0.309 e. The first-order valence-electron chi connectivity index (χ1n) is 20.2. The summed E-state index contributed by atoms with van der Waals surface area (Å²) < 4.78 is 2.67. The zero-order valence-corrected chi connectivity index (χ0v) is 32.6. The molecule has 0 bridgehead atoms. The summed E-state index contributed by atoms with van der Waals surface area (Å²) in [4.78, 5) is 2.45. The van der Waals surface area contributed by atoms with Gasteiger partial charge in [0.05, 0.1) is 11.4 Å². The van der Waals surface area contributed by atoms with Crippen LogP contribution >= 0.6 is 11.3 Å². The lowest BCUT2D eigenvalue weighted by molar-refractivity contribution is 0.797. The molecule has 0 fully saturated rings. The average Bonchev–Trinajstić information content (AvgIpc) is 3.67. The number of hydrogen-bond acceptors (Lipinski definition) is 2. The minimum atomic E-state index is 0.226. The van der Waals surface area contributed by atoms with E-state index in [2.05, 4.69) is 211 Å². The van der Waals surface area contributed by atoms with Gasteiger partial charge in [-0.15, -0.1) is 11.3 Å². The van der Waals surface area contributed by atoms with Gasteiger partial charge in [0.1, 0.15) is 0 Å². The highest BCUT2D eigenvalue weighted by atomic mass is 32.1. The molecular weight excluding hydrogens is 719 g/mol. The van der Waals surface area contributed by atoms with Crippen molar-refractivity contribution in [1.29, 1.82) is 0 Å². The Morgan fingerprint density at radius 1 is 0.414 bits per heavy atom. The molecule has 1 atom stereocenters. The molecule has 58 heavy (non-hydrogen) atoms. The summed E-state index contributed by atoms with van der Waals surface area (Å²) in [6.07, 6.45) is 0.971. The van der Waals surface area contributed by atoms with Gasteiger partial charge in [0, 0.05) is 42.6 Å². The van der Waals surface area contributed by atoms with E-state index < -0.39 is 0 Å². The van der Waals surface area contributed by atoms with Crippen LogP contribution in [0.2, 0.25) is 0 Å². The minimum Gasteiger partial charge on any atom is -0.309 e. The van der Waals surface area contributed by atoms with Gasteiger partial charge >= 0.3 is 0 Å². The maximum atomic E-state index is 2.51. The summed E-state index contributed by atoms with van der Waals surface area (Å²) in [7, 11) is 0. The van der Waals surface area contributed by atoms with E-state index in [1.165, 1.54) is 103 Å². The highest BCUT2D eigenvalue weighted by molar-refractivity contribution is 7.26. The third-order valence-electron chi connectivity index (χ3n) is 12.4. The van der Waals surface area contributed by atoms with E-state index in [0.29, 0.717) is 0 Å². The number of rotatable bonds is 5. The van der Waals surface area contributed by atoms with Crippen molar-refractivity contribution in [3.05, 3.63) is 223 Å². The van der Waals surface area contributed by atoms with E-state index in [1.807, 2.05) is 11.3 Å². The van der Waals surface area contributed by atoms with Crippen LogP contribution < -0.4 is 4.90 Å². The van der Waals surface area contributed by atoms with Gasteiger partial charge in [-0.05, 0) is 122 Å². The smallest absolute Gasteiger partial charge is 0.0540 e. The number of fused-ring (bicyclic) bond motifs is 9. The minimum absolute atomic E-state index is 0.226. The molecule has 1 aliphatic rings. The first-order valence-corrected chi connectivity index (χ1v) is 21.0. The number of anilines is 3. The lowest BCUT2D eigenvalue weighted by Crippen LogP contribution is -2.13. The summed E-state index contributed by atoms with van der Waals surface area (Å²) in [5.74, 6) is 0.226. The first-order chi connectivity index (χ1) is 28.7.